The van der Waals surface area contributed by atoms with Gasteiger partial charge in [0.25, 0.3) is 0 Å². The Morgan fingerprint density at radius 3 is 2.08 bits per heavy atom. The molecule has 0 unspecified atom stereocenters. The molecule has 0 saturated heterocycles. The van der Waals surface area contributed by atoms with Crippen LogP contribution in [0.4, 0.5) is 0 Å². The summed E-state index contributed by atoms with van der Waals surface area (Å²) in [5.74, 6) is 0. The van der Waals surface area contributed by atoms with Crippen LogP contribution in [0.1, 0.15) is 20.3 Å². The Morgan fingerprint density at radius 1 is 1.23 bits per heavy atom. The molecule has 0 aliphatic carbocycles. The van der Waals surface area contributed by atoms with E-state index in [1.54, 1.807) is 0 Å². The maximum atomic E-state index is 3.85. The highest BCUT2D eigenvalue weighted by Crippen LogP contribution is 2.06. The summed E-state index contributed by atoms with van der Waals surface area (Å²) >= 11 is 0. The van der Waals surface area contributed by atoms with Gasteiger partial charge in [0.05, 0.1) is 11.4 Å². The predicted molar refractivity (Wildman–Crippen MR) is 59.4 cm³/mol. The van der Waals surface area contributed by atoms with E-state index in [4.69, 9.17) is 0 Å². The van der Waals surface area contributed by atoms with Gasteiger partial charge in [-0.15, -0.1) is 0 Å². The molecule has 0 aliphatic heterocycles. The van der Waals surface area contributed by atoms with Crippen LogP contribution in [0, 0.1) is 0 Å². The summed E-state index contributed by atoms with van der Waals surface area (Å²) in [6, 6.07) is 0. The van der Waals surface area contributed by atoms with Crippen molar-refractivity contribution < 1.29 is 0 Å². The van der Waals surface area contributed by atoms with E-state index in [2.05, 4.69) is 30.2 Å². The second-order valence-corrected chi connectivity index (χ2v) is 2.93. The molecule has 0 saturated carbocycles. The maximum absolute atomic E-state index is 3.85. The molecule has 0 amide bonds. The molecule has 0 aromatic heterocycles. The first-order valence-electron chi connectivity index (χ1n) is 4.58. The standard InChI is InChI=1S/C11H20N2/c1-6-7-10(12-4)11(13-5)8-9(2)3/h7-8,12-13H,2,6H2,1,3-5H3/b10-7+,11-8+. The van der Waals surface area contributed by atoms with Crippen molar-refractivity contribution in [3.63, 3.8) is 0 Å². The van der Waals surface area contributed by atoms with Crippen molar-refractivity contribution in [2.45, 2.75) is 20.3 Å². The average molecular weight is 180 g/mol. The summed E-state index contributed by atoms with van der Waals surface area (Å²) < 4.78 is 0. The van der Waals surface area contributed by atoms with Crippen molar-refractivity contribution in [2.75, 3.05) is 14.1 Å². The lowest BCUT2D eigenvalue weighted by atomic mass is 10.2. The van der Waals surface area contributed by atoms with E-state index in [0.717, 1.165) is 23.4 Å². The molecule has 0 aromatic carbocycles. The molecule has 0 aliphatic rings. The number of nitrogens with one attached hydrogen (secondary N) is 2. The van der Waals surface area contributed by atoms with Crippen molar-refractivity contribution in [1.82, 2.24) is 10.6 Å². The van der Waals surface area contributed by atoms with Crippen molar-refractivity contribution >= 4 is 0 Å². The molecular formula is C11H20N2. The molecule has 0 aromatic rings. The van der Waals surface area contributed by atoms with Crippen molar-refractivity contribution in [3.8, 4) is 0 Å². The molecule has 2 N–H and O–H groups in total. The quantitative estimate of drug-likeness (QED) is 0.634. The van der Waals surface area contributed by atoms with Crippen molar-refractivity contribution in [3.05, 3.63) is 35.7 Å². The Labute approximate surface area is 81.4 Å². The monoisotopic (exact) mass is 180 g/mol. The fourth-order valence-electron chi connectivity index (χ4n) is 1.08. The van der Waals surface area contributed by atoms with Crippen LogP contribution in [0.5, 0.6) is 0 Å². The highest BCUT2D eigenvalue weighted by atomic mass is 14.9. The van der Waals surface area contributed by atoms with Crippen LogP contribution in [-0.2, 0) is 0 Å². The Balaban J connectivity index is 4.72. The van der Waals surface area contributed by atoms with Crippen LogP contribution in [0.25, 0.3) is 0 Å². The first-order chi connectivity index (χ1) is 6.15. The van der Waals surface area contributed by atoms with E-state index >= 15 is 0 Å². The minimum atomic E-state index is 1.02. The summed E-state index contributed by atoms with van der Waals surface area (Å²) in [5, 5.41) is 6.29. The zero-order valence-electron chi connectivity index (χ0n) is 9.07. The molecule has 0 spiro atoms. The van der Waals surface area contributed by atoms with Crippen LogP contribution < -0.4 is 10.6 Å². The van der Waals surface area contributed by atoms with Crippen LogP contribution >= 0.6 is 0 Å². The lowest BCUT2D eigenvalue weighted by molar-refractivity contribution is 0.893. The molecule has 0 bridgehead atoms. The van der Waals surface area contributed by atoms with Crippen LogP contribution in [0.15, 0.2) is 35.7 Å². The smallest absolute Gasteiger partial charge is 0.0572 e. The molecule has 2 nitrogen and oxygen atoms in total. The van der Waals surface area contributed by atoms with Crippen LogP contribution in [0.2, 0.25) is 0 Å². The number of hydrogen-bond donors (Lipinski definition) is 2. The van der Waals surface area contributed by atoms with E-state index in [0.29, 0.717) is 0 Å². The number of likely N-dealkylation sites (N-methyl/N-ethyl adjacent to an activating group) is 2. The summed E-state index contributed by atoms with van der Waals surface area (Å²) in [5.41, 5.74) is 3.24. The van der Waals surface area contributed by atoms with Gasteiger partial charge >= 0.3 is 0 Å². The number of rotatable bonds is 5. The molecule has 0 atom stereocenters. The summed E-state index contributed by atoms with van der Waals surface area (Å²) in [4.78, 5) is 0. The Morgan fingerprint density at radius 2 is 1.77 bits per heavy atom. The summed E-state index contributed by atoms with van der Waals surface area (Å²) in [7, 11) is 3.83. The minimum absolute atomic E-state index is 1.02. The van der Waals surface area contributed by atoms with E-state index in [1.165, 1.54) is 0 Å². The maximum Gasteiger partial charge on any atom is 0.0572 e. The molecule has 0 rings (SSSR count). The van der Waals surface area contributed by atoms with Gasteiger partial charge in [0.1, 0.15) is 0 Å². The average Bonchev–Trinajstić information content (AvgIpc) is 2.10. The molecule has 2 heteroatoms. The van der Waals surface area contributed by atoms with Gasteiger partial charge in [-0.3, -0.25) is 0 Å². The van der Waals surface area contributed by atoms with Gasteiger partial charge in [0.15, 0.2) is 0 Å². The third kappa shape index (κ3) is 4.41. The Bertz CT molecular complexity index is 224. The minimum Gasteiger partial charge on any atom is -0.387 e. The second kappa shape index (κ2) is 6.35. The molecule has 0 fully saturated rings. The lowest BCUT2D eigenvalue weighted by Crippen LogP contribution is -2.17. The zero-order valence-corrected chi connectivity index (χ0v) is 9.07. The molecule has 0 radical (unpaired) electrons. The van der Waals surface area contributed by atoms with Gasteiger partial charge < -0.3 is 10.6 Å². The topological polar surface area (TPSA) is 24.1 Å². The highest BCUT2D eigenvalue weighted by Gasteiger charge is 1.98. The van der Waals surface area contributed by atoms with Gasteiger partial charge in [-0.2, -0.15) is 0 Å². The van der Waals surface area contributed by atoms with Gasteiger partial charge in [0.2, 0.25) is 0 Å². The third-order valence-electron chi connectivity index (χ3n) is 1.63. The molecular weight excluding hydrogens is 160 g/mol. The fraction of sp³-hybridized carbons (Fsp3) is 0.455. The summed E-state index contributed by atoms with van der Waals surface area (Å²) in [6.07, 6.45) is 5.19. The van der Waals surface area contributed by atoms with E-state index < -0.39 is 0 Å². The summed E-state index contributed by atoms with van der Waals surface area (Å²) in [6.45, 7) is 7.95. The predicted octanol–water partition coefficient (Wildman–Crippen LogP) is 2.18. The molecule has 74 valence electrons. The van der Waals surface area contributed by atoms with Crippen LogP contribution in [0.3, 0.4) is 0 Å². The van der Waals surface area contributed by atoms with E-state index in [9.17, 15) is 0 Å². The van der Waals surface area contributed by atoms with Crippen molar-refractivity contribution in [1.29, 1.82) is 0 Å². The highest BCUT2D eigenvalue weighted by molar-refractivity contribution is 5.32. The number of hydrogen-bond acceptors (Lipinski definition) is 2. The number of allylic oxidation sites excluding steroid dienone is 3. The van der Waals surface area contributed by atoms with Gasteiger partial charge in [0, 0.05) is 14.1 Å². The van der Waals surface area contributed by atoms with E-state index in [1.807, 2.05) is 27.1 Å². The van der Waals surface area contributed by atoms with Gasteiger partial charge in [-0.25, -0.2) is 0 Å². The van der Waals surface area contributed by atoms with Gasteiger partial charge in [-0.05, 0) is 19.4 Å². The van der Waals surface area contributed by atoms with Crippen LogP contribution in [-0.4, -0.2) is 14.1 Å². The zero-order chi connectivity index (χ0) is 10.3. The lowest BCUT2D eigenvalue weighted by Gasteiger charge is -2.11. The Hall–Kier alpha value is -1.18. The second-order valence-electron chi connectivity index (χ2n) is 2.93. The van der Waals surface area contributed by atoms with Gasteiger partial charge in [-0.1, -0.05) is 25.2 Å². The van der Waals surface area contributed by atoms with E-state index in [-0.39, 0.29) is 0 Å². The fourth-order valence-corrected chi connectivity index (χ4v) is 1.08. The normalized spacial score (nSPS) is 12.6. The largest absolute Gasteiger partial charge is 0.387 e. The third-order valence-corrected chi connectivity index (χ3v) is 1.63. The molecule has 13 heavy (non-hydrogen) atoms. The SMILES string of the molecule is C=C(C)/C=C(NC)\C(=C/CC)NC. The molecule has 0 heterocycles. The van der Waals surface area contributed by atoms with Crippen molar-refractivity contribution in [2.24, 2.45) is 0 Å². The first kappa shape index (κ1) is 11.8. The first-order valence-corrected chi connectivity index (χ1v) is 4.58. The Kier molecular flexibility index (Phi) is 5.77.